The maximum absolute atomic E-state index is 9.50. The third-order valence-electron chi connectivity index (χ3n) is 0.533. The quantitative estimate of drug-likeness (QED) is 0.387. The van der Waals surface area contributed by atoms with Crippen LogP contribution in [0.2, 0.25) is 0 Å². The second-order valence-electron chi connectivity index (χ2n) is 1.24. The molecule has 0 aliphatic heterocycles. The smallest absolute Gasteiger partial charge is 0.550 e. The first kappa shape index (κ1) is 17.1. The van der Waals surface area contributed by atoms with Gasteiger partial charge in [-0.2, -0.15) is 0 Å². The summed E-state index contributed by atoms with van der Waals surface area (Å²) in [6, 6.07) is 0. The first-order valence-corrected chi connectivity index (χ1v) is 2.02. The van der Waals surface area contributed by atoms with Crippen LogP contribution < -0.4 is 69.3 Å². The number of carboxylic acid groups (broad SMARTS) is 2. The molecule has 0 atom stereocenters. The number of aliphatic carboxylic acids is 2. The number of rotatable bonds is 3. The van der Waals surface area contributed by atoms with Crippen LogP contribution in [-0.4, -0.2) is 11.9 Å². The molecule has 0 spiro atoms. The third kappa shape index (κ3) is 16.0. The largest absolute Gasteiger partial charge is 1.00 e. The Morgan fingerprint density at radius 3 is 1.30 bits per heavy atom. The van der Waals surface area contributed by atoms with Gasteiger partial charge in [-0.05, 0) is 12.8 Å². The average molecular weight is 163 g/mol. The molecule has 0 saturated heterocycles. The molecular formula is C4H5Na2O4+. The summed E-state index contributed by atoms with van der Waals surface area (Å²) in [7, 11) is 0. The molecule has 0 fully saturated rings. The molecule has 0 aliphatic carbocycles. The van der Waals surface area contributed by atoms with E-state index in [1.165, 1.54) is 0 Å². The molecular weight excluding hydrogens is 158 g/mol. The Bertz CT molecular complexity index is 105. The second-order valence-corrected chi connectivity index (χ2v) is 1.24. The van der Waals surface area contributed by atoms with Gasteiger partial charge in [-0.3, -0.25) is 0 Å². The maximum Gasteiger partial charge on any atom is 1.00 e. The molecule has 0 aromatic rings. The van der Waals surface area contributed by atoms with Gasteiger partial charge in [0.15, 0.2) is 0 Å². The number of hydrogen-bond acceptors (Lipinski definition) is 4. The van der Waals surface area contributed by atoms with Crippen LogP contribution in [0.3, 0.4) is 0 Å². The van der Waals surface area contributed by atoms with Crippen molar-refractivity contribution >= 4 is 11.9 Å². The van der Waals surface area contributed by atoms with Gasteiger partial charge >= 0.3 is 60.5 Å². The summed E-state index contributed by atoms with van der Waals surface area (Å²) in [6.45, 7) is 0. The van der Waals surface area contributed by atoms with E-state index < -0.39 is 24.8 Å². The summed E-state index contributed by atoms with van der Waals surface area (Å²) in [4.78, 5) is 19.0. The van der Waals surface area contributed by atoms with E-state index in [-0.39, 0.29) is 60.5 Å². The van der Waals surface area contributed by atoms with Gasteiger partial charge in [0.05, 0.1) is 0 Å². The van der Waals surface area contributed by atoms with Crippen molar-refractivity contribution in [2.45, 2.75) is 12.8 Å². The third-order valence-corrected chi connectivity index (χ3v) is 0.533. The molecule has 0 aromatic carbocycles. The fraction of sp³-hybridized carbons (Fsp3) is 0.500. The van der Waals surface area contributed by atoms with E-state index in [0.717, 1.165) is 0 Å². The van der Waals surface area contributed by atoms with Crippen LogP contribution >= 0.6 is 0 Å². The molecule has 0 N–H and O–H groups in total. The number of carbonyl (C=O) groups is 2. The van der Waals surface area contributed by atoms with Crippen molar-refractivity contribution in [2.24, 2.45) is 0 Å². The molecule has 0 rings (SSSR count). The maximum atomic E-state index is 9.50. The summed E-state index contributed by atoms with van der Waals surface area (Å²) in [5.74, 6) is -2.73. The summed E-state index contributed by atoms with van der Waals surface area (Å²) in [5, 5.41) is 19.0. The minimum Gasteiger partial charge on any atom is -0.550 e. The van der Waals surface area contributed by atoms with E-state index in [9.17, 15) is 19.8 Å². The van der Waals surface area contributed by atoms with Gasteiger partial charge in [0.25, 0.3) is 0 Å². The Morgan fingerprint density at radius 1 is 1.00 bits per heavy atom. The van der Waals surface area contributed by atoms with Crippen molar-refractivity contribution in [1.82, 2.24) is 0 Å². The van der Waals surface area contributed by atoms with Crippen molar-refractivity contribution in [3.63, 3.8) is 0 Å². The van der Waals surface area contributed by atoms with Crippen molar-refractivity contribution in [3.05, 3.63) is 0 Å². The van der Waals surface area contributed by atoms with E-state index in [4.69, 9.17) is 0 Å². The van der Waals surface area contributed by atoms with Gasteiger partial charge in [0, 0.05) is 11.9 Å². The molecule has 0 bridgehead atoms. The zero-order valence-electron chi connectivity index (χ0n) is 7.05. The molecule has 0 radical (unpaired) electrons. The van der Waals surface area contributed by atoms with Gasteiger partial charge in [0.2, 0.25) is 0 Å². The Hall–Kier alpha value is 0.940. The van der Waals surface area contributed by atoms with Crippen molar-refractivity contribution in [3.8, 4) is 0 Å². The van der Waals surface area contributed by atoms with E-state index >= 15 is 0 Å². The van der Waals surface area contributed by atoms with Crippen molar-refractivity contribution in [1.29, 1.82) is 0 Å². The second kappa shape index (κ2) is 9.94. The molecule has 10 heavy (non-hydrogen) atoms. The van der Waals surface area contributed by atoms with Crippen LogP contribution in [0.5, 0.6) is 0 Å². The molecule has 0 unspecified atom stereocenters. The minimum atomic E-state index is -1.37. The first-order valence-electron chi connectivity index (χ1n) is 2.02. The predicted molar refractivity (Wildman–Crippen MR) is 20.4 cm³/mol. The van der Waals surface area contributed by atoms with Gasteiger partial charge in [0.1, 0.15) is 0 Å². The predicted octanol–water partition coefficient (Wildman–Crippen LogP) is -8.61. The van der Waals surface area contributed by atoms with Crippen LogP contribution in [0.15, 0.2) is 0 Å². The molecule has 6 heteroatoms. The molecule has 0 aromatic heterocycles. The molecule has 4 nitrogen and oxygen atoms in total. The SMILES string of the molecule is O=C([O-])CCC(=O)[O-].[H+].[Na+].[Na+]. The van der Waals surface area contributed by atoms with Crippen molar-refractivity contribution in [2.75, 3.05) is 0 Å². The molecule has 0 amide bonds. The standard InChI is InChI=1S/C4H6O4.2Na/c5-3(6)1-2-4(7)8;;/h1-2H2,(H,5,6)(H,7,8);;/q;2*+1/p-1. The Labute approximate surface area is 104 Å². The first-order chi connectivity index (χ1) is 3.63. The van der Waals surface area contributed by atoms with E-state index in [2.05, 4.69) is 0 Å². The minimum absolute atomic E-state index is 0. The zero-order valence-corrected chi connectivity index (χ0v) is 10.0. The number of carbonyl (C=O) groups excluding carboxylic acids is 2. The Balaban J connectivity index is -0.0000000817. The van der Waals surface area contributed by atoms with Gasteiger partial charge in [-0.1, -0.05) is 0 Å². The van der Waals surface area contributed by atoms with Crippen LogP contribution in [0, 0.1) is 0 Å². The number of carboxylic acids is 2. The monoisotopic (exact) mass is 163 g/mol. The molecule has 0 heterocycles. The van der Waals surface area contributed by atoms with Gasteiger partial charge in [-0.25, -0.2) is 0 Å². The average Bonchev–Trinajstić information content (AvgIpc) is 1.61. The Kier molecular flexibility index (Phi) is 17.0. The fourth-order valence-corrected chi connectivity index (χ4v) is 0.204. The topological polar surface area (TPSA) is 80.3 Å². The van der Waals surface area contributed by atoms with E-state index in [1.807, 2.05) is 0 Å². The van der Waals surface area contributed by atoms with Crippen LogP contribution in [0.25, 0.3) is 0 Å². The summed E-state index contributed by atoms with van der Waals surface area (Å²) >= 11 is 0. The van der Waals surface area contributed by atoms with Crippen LogP contribution in [0.1, 0.15) is 14.3 Å². The molecule has 0 aliphatic rings. The number of hydrogen-bond donors (Lipinski definition) is 0. The van der Waals surface area contributed by atoms with Crippen LogP contribution in [-0.2, 0) is 9.59 Å². The van der Waals surface area contributed by atoms with Gasteiger partial charge < -0.3 is 19.8 Å². The molecule has 46 valence electrons. The zero-order chi connectivity index (χ0) is 6.57. The van der Waals surface area contributed by atoms with E-state index in [1.54, 1.807) is 0 Å². The normalized spacial score (nSPS) is 6.80. The van der Waals surface area contributed by atoms with Crippen molar-refractivity contribution < 1.29 is 80.3 Å². The summed E-state index contributed by atoms with van der Waals surface area (Å²) in [6.07, 6.45) is -0.940. The van der Waals surface area contributed by atoms with Crippen LogP contribution in [0.4, 0.5) is 0 Å². The Morgan fingerprint density at radius 2 is 1.20 bits per heavy atom. The fourth-order valence-electron chi connectivity index (χ4n) is 0.204. The molecule has 0 saturated carbocycles. The van der Waals surface area contributed by atoms with E-state index in [0.29, 0.717) is 0 Å². The summed E-state index contributed by atoms with van der Waals surface area (Å²) in [5.41, 5.74) is 0. The summed E-state index contributed by atoms with van der Waals surface area (Å²) < 4.78 is 0. The van der Waals surface area contributed by atoms with Gasteiger partial charge in [-0.15, -0.1) is 0 Å².